The topological polar surface area (TPSA) is 104 Å². The number of aryl methyl sites for hydroxylation is 1. The van der Waals surface area contributed by atoms with Crippen molar-refractivity contribution in [1.82, 2.24) is 20.8 Å². The van der Waals surface area contributed by atoms with E-state index in [0.717, 1.165) is 42.4 Å². The normalized spacial score (nSPS) is 16.1. The van der Waals surface area contributed by atoms with Gasteiger partial charge in [0.2, 0.25) is 11.8 Å². The molecule has 2 heterocycles. The fraction of sp³-hybridized carbons (Fsp3) is 0.500. The number of aromatic nitrogens is 2. The summed E-state index contributed by atoms with van der Waals surface area (Å²) in [4.78, 5) is 20.6. The Hall–Kier alpha value is -2.17. The quantitative estimate of drug-likeness (QED) is 0.228. The van der Waals surface area contributed by atoms with Gasteiger partial charge in [0.1, 0.15) is 0 Å². The zero-order valence-corrected chi connectivity index (χ0v) is 19.4. The number of aliphatic imine (C=N–C) groups is 1. The van der Waals surface area contributed by atoms with Crippen molar-refractivity contribution in [2.75, 3.05) is 25.5 Å². The largest absolute Gasteiger partial charge is 0.356 e. The first-order chi connectivity index (χ1) is 13.6. The van der Waals surface area contributed by atoms with E-state index in [1.807, 2.05) is 32.0 Å². The molecular weight excluding hydrogens is 483 g/mol. The van der Waals surface area contributed by atoms with Gasteiger partial charge in [-0.2, -0.15) is 4.98 Å². The molecule has 158 valence electrons. The molecule has 0 bridgehead atoms. The Kier molecular flexibility index (Phi) is 8.87. The van der Waals surface area contributed by atoms with Crippen LogP contribution in [0.1, 0.15) is 55.8 Å². The van der Waals surface area contributed by atoms with E-state index in [2.05, 4.69) is 37.1 Å². The van der Waals surface area contributed by atoms with Crippen LogP contribution in [-0.4, -0.2) is 42.1 Å². The number of fused-ring (bicyclic) bond motifs is 1. The molecule has 8 nitrogen and oxygen atoms in total. The first-order valence-corrected chi connectivity index (χ1v) is 9.72. The Labute approximate surface area is 188 Å². The van der Waals surface area contributed by atoms with Crippen molar-refractivity contribution in [2.24, 2.45) is 4.99 Å². The summed E-state index contributed by atoms with van der Waals surface area (Å²) in [7, 11) is 1.74. The average Bonchev–Trinajstić information content (AvgIpc) is 3.16. The minimum absolute atomic E-state index is 0. The predicted octanol–water partition coefficient (Wildman–Crippen LogP) is 3.03. The van der Waals surface area contributed by atoms with Gasteiger partial charge in [-0.3, -0.25) is 9.79 Å². The van der Waals surface area contributed by atoms with E-state index in [-0.39, 0.29) is 41.7 Å². The first-order valence-electron chi connectivity index (χ1n) is 9.72. The van der Waals surface area contributed by atoms with E-state index in [0.29, 0.717) is 18.9 Å². The molecule has 0 aliphatic carbocycles. The second-order valence-corrected chi connectivity index (χ2v) is 7.22. The number of rotatable bonds is 7. The van der Waals surface area contributed by atoms with Crippen molar-refractivity contribution in [1.29, 1.82) is 0 Å². The molecule has 1 unspecified atom stereocenters. The Balaban J connectivity index is 0.00000300. The molecule has 0 spiro atoms. The lowest BCUT2D eigenvalue weighted by Crippen LogP contribution is -2.41. The van der Waals surface area contributed by atoms with Crippen LogP contribution in [0, 0.1) is 0 Å². The van der Waals surface area contributed by atoms with Gasteiger partial charge < -0.3 is 20.5 Å². The van der Waals surface area contributed by atoms with Crippen LogP contribution in [0.15, 0.2) is 33.8 Å². The van der Waals surface area contributed by atoms with Crippen LogP contribution in [0.3, 0.4) is 0 Å². The van der Waals surface area contributed by atoms with Gasteiger partial charge in [0.15, 0.2) is 11.8 Å². The zero-order chi connectivity index (χ0) is 19.9. The molecule has 1 aliphatic rings. The minimum Gasteiger partial charge on any atom is -0.356 e. The highest BCUT2D eigenvalue weighted by Gasteiger charge is 2.24. The van der Waals surface area contributed by atoms with E-state index in [1.165, 1.54) is 0 Å². The fourth-order valence-corrected chi connectivity index (χ4v) is 3.17. The lowest BCUT2D eigenvalue weighted by atomic mass is 9.90. The summed E-state index contributed by atoms with van der Waals surface area (Å²) in [5, 5.41) is 13.5. The third-order valence-electron chi connectivity index (χ3n) is 4.71. The maximum Gasteiger partial charge on any atom is 0.226 e. The molecule has 0 saturated carbocycles. The number of benzene rings is 1. The molecule has 1 aliphatic heterocycles. The molecule has 1 amide bonds. The number of para-hydroxylation sites is 1. The summed E-state index contributed by atoms with van der Waals surface area (Å²) in [5.41, 5.74) is 2.05. The van der Waals surface area contributed by atoms with E-state index in [1.54, 1.807) is 7.05 Å². The molecule has 3 N–H and O–H groups in total. The van der Waals surface area contributed by atoms with Crippen LogP contribution in [0.5, 0.6) is 0 Å². The molecule has 0 fully saturated rings. The monoisotopic (exact) mass is 512 g/mol. The standard InChI is InChI=1S/C20H28N6O2.HI/c1-13(2)19-25-18(28-26-19)9-6-10-22-20(21-3)23-12-14-11-17(27)24-16-8-5-4-7-15(14)16;/h4-5,7-8,13-14H,6,9-12H2,1-3H3,(H,24,27)(H2,21,22,23);1H. The van der Waals surface area contributed by atoms with Gasteiger partial charge >= 0.3 is 0 Å². The van der Waals surface area contributed by atoms with Crippen molar-refractivity contribution in [2.45, 2.75) is 44.9 Å². The van der Waals surface area contributed by atoms with Crippen LogP contribution < -0.4 is 16.0 Å². The number of guanidine groups is 1. The minimum atomic E-state index is 0. The van der Waals surface area contributed by atoms with Crippen LogP contribution in [0.2, 0.25) is 0 Å². The summed E-state index contributed by atoms with van der Waals surface area (Å²) in [6.45, 7) is 5.46. The highest BCUT2D eigenvalue weighted by atomic mass is 127. The number of amides is 1. The van der Waals surface area contributed by atoms with Gasteiger partial charge in [-0.05, 0) is 18.1 Å². The van der Waals surface area contributed by atoms with Gasteiger partial charge in [-0.1, -0.05) is 37.2 Å². The summed E-state index contributed by atoms with van der Waals surface area (Å²) in [6.07, 6.45) is 2.05. The van der Waals surface area contributed by atoms with Crippen molar-refractivity contribution in [3.63, 3.8) is 0 Å². The number of hydrogen-bond donors (Lipinski definition) is 3. The van der Waals surface area contributed by atoms with Gasteiger partial charge in [0, 0.05) is 50.5 Å². The van der Waals surface area contributed by atoms with Gasteiger partial charge in [-0.25, -0.2) is 0 Å². The molecule has 1 atom stereocenters. The molecular formula is C20H29IN6O2. The predicted molar refractivity (Wildman–Crippen MR) is 124 cm³/mol. The lowest BCUT2D eigenvalue weighted by Gasteiger charge is -2.26. The summed E-state index contributed by atoms with van der Waals surface area (Å²) in [5.74, 6) is 2.57. The number of carbonyl (C=O) groups excluding carboxylic acids is 1. The van der Waals surface area contributed by atoms with E-state index in [9.17, 15) is 4.79 Å². The number of nitrogens with one attached hydrogen (secondary N) is 3. The van der Waals surface area contributed by atoms with Crippen molar-refractivity contribution >= 4 is 41.5 Å². The van der Waals surface area contributed by atoms with E-state index in [4.69, 9.17) is 4.52 Å². The second-order valence-electron chi connectivity index (χ2n) is 7.22. The fourth-order valence-electron chi connectivity index (χ4n) is 3.17. The summed E-state index contributed by atoms with van der Waals surface area (Å²) in [6, 6.07) is 7.93. The van der Waals surface area contributed by atoms with Gasteiger partial charge in [0.05, 0.1) is 0 Å². The number of hydrogen-bond acceptors (Lipinski definition) is 5. The molecule has 2 aromatic rings. The number of carbonyl (C=O) groups is 1. The third-order valence-corrected chi connectivity index (χ3v) is 4.71. The van der Waals surface area contributed by atoms with Crippen molar-refractivity contribution in [3.05, 3.63) is 41.5 Å². The molecule has 0 saturated heterocycles. The molecule has 1 aromatic heterocycles. The Morgan fingerprint density at radius 1 is 1.34 bits per heavy atom. The maximum atomic E-state index is 11.9. The molecule has 3 rings (SSSR count). The van der Waals surface area contributed by atoms with Crippen molar-refractivity contribution < 1.29 is 9.32 Å². The third kappa shape index (κ3) is 6.41. The average molecular weight is 512 g/mol. The zero-order valence-electron chi connectivity index (χ0n) is 17.1. The smallest absolute Gasteiger partial charge is 0.226 e. The number of nitrogens with zero attached hydrogens (tertiary/aromatic N) is 3. The van der Waals surface area contributed by atoms with Crippen LogP contribution in [0.4, 0.5) is 5.69 Å². The Morgan fingerprint density at radius 2 is 2.14 bits per heavy atom. The van der Waals surface area contributed by atoms with Crippen LogP contribution in [0.25, 0.3) is 0 Å². The van der Waals surface area contributed by atoms with Gasteiger partial charge in [-0.15, -0.1) is 24.0 Å². The number of anilines is 1. The second kappa shape index (κ2) is 11.1. The maximum absolute atomic E-state index is 11.9. The molecule has 0 radical (unpaired) electrons. The SMILES string of the molecule is CN=C(NCCCc1nc(C(C)C)no1)NCC1CC(=O)Nc2ccccc21.I. The highest BCUT2D eigenvalue weighted by molar-refractivity contribution is 14.0. The number of halogens is 1. The summed E-state index contributed by atoms with van der Waals surface area (Å²) >= 11 is 0. The summed E-state index contributed by atoms with van der Waals surface area (Å²) < 4.78 is 5.26. The Morgan fingerprint density at radius 3 is 2.86 bits per heavy atom. The van der Waals surface area contributed by atoms with Crippen LogP contribution >= 0.6 is 24.0 Å². The van der Waals surface area contributed by atoms with E-state index < -0.39 is 0 Å². The Bertz CT molecular complexity index is 836. The lowest BCUT2D eigenvalue weighted by molar-refractivity contribution is -0.116. The van der Waals surface area contributed by atoms with Crippen molar-refractivity contribution in [3.8, 4) is 0 Å². The molecule has 9 heteroatoms. The first kappa shape index (κ1) is 23.1. The van der Waals surface area contributed by atoms with Crippen LogP contribution in [-0.2, 0) is 11.2 Å². The van der Waals surface area contributed by atoms with Gasteiger partial charge in [0.25, 0.3) is 0 Å². The molecule has 1 aromatic carbocycles. The molecule has 29 heavy (non-hydrogen) atoms. The highest BCUT2D eigenvalue weighted by Crippen LogP contribution is 2.31. The van der Waals surface area contributed by atoms with E-state index >= 15 is 0 Å².